The van der Waals surface area contributed by atoms with E-state index in [-0.39, 0.29) is 11.7 Å². The second kappa shape index (κ2) is 2.10. The molecule has 1 rings (SSSR count). The summed E-state index contributed by atoms with van der Waals surface area (Å²) in [7, 11) is 0. The van der Waals surface area contributed by atoms with Crippen molar-refractivity contribution in [3.05, 3.63) is 0 Å². The minimum Gasteiger partial charge on any atom is -0.371 e. The van der Waals surface area contributed by atoms with Crippen molar-refractivity contribution in [2.75, 3.05) is 0 Å². The minimum atomic E-state index is -1.45. The van der Waals surface area contributed by atoms with Crippen LogP contribution in [0, 0.1) is 18.3 Å². The summed E-state index contributed by atoms with van der Waals surface area (Å²) < 4.78 is 0. The fraction of sp³-hybridized carbons (Fsp3) is 0.625. The zero-order valence-corrected chi connectivity index (χ0v) is 5.92. The Morgan fingerprint density at radius 3 is 2.70 bits per heavy atom. The number of ketones is 1. The predicted molar refractivity (Wildman–Crippen MR) is 37.2 cm³/mol. The summed E-state index contributed by atoms with van der Waals surface area (Å²) in [6.45, 7) is 1.79. The van der Waals surface area contributed by atoms with Crippen LogP contribution in [0.5, 0.6) is 0 Å². The molecule has 2 heteroatoms. The lowest BCUT2D eigenvalue weighted by atomic mass is 10.0. The SMILES string of the molecule is C#CC1(O)CCC(C)C1=O. The summed E-state index contributed by atoms with van der Waals surface area (Å²) in [5.74, 6) is 1.86. The highest BCUT2D eigenvalue weighted by molar-refractivity contribution is 5.93. The molecule has 1 saturated carbocycles. The van der Waals surface area contributed by atoms with Crippen molar-refractivity contribution in [1.82, 2.24) is 0 Å². The molecule has 1 N–H and O–H groups in total. The van der Waals surface area contributed by atoms with Crippen LogP contribution in [0.25, 0.3) is 0 Å². The average molecular weight is 138 g/mol. The Labute approximate surface area is 60.2 Å². The van der Waals surface area contributed by atoms with Crippen molar-refractivity contribution in [1.29, 1.82) is 0 Å². The van der Waals surface area contributed by atoms with Gasteiger partial charge in [0.15, 0.2) is 11.4 Å². The third-order valence-electron chi connectivity index (χ3n) is 2.03. The molecule has 0 radical (unpaired) electrons. The third-order valence-corrected chi connectivity index (χ3v) is 2.03. The summed E-state index contributed by atoms with van der Waals surface area (Å²) in [6.07, 6.45) is 6.13. The number of hydrogen-bond donors (Lipinski definition) is 1. The van der Waals surface area contributed by atoms with Gasteiger partial charge in [-0.15, -0.1) is 6.42 Å². The molecule has 2 unspecified atom stereocenters. The monoisotopic (exact) mass is 138 g/mol. The van der Waals surface area contributed by atoms with Gasteiger partial charge in [-0.05, 0) is 12.8 Å². The highest BCUT2D eigenvalue weighted by atomic mass is 16.3. The summed E-state index contributed by atoms with van der Waals surface area (Å²) in [6, 6.07) is 0. The maximum absolute atomic E-state index is 11.1. The molecule has 1 aliphatic carbocycles. The molecule has 1 fully saturated rings. The number of terminal acetylenes is 1. The maximum atomic E-state index is 11.1. The Hall–Kier alpha value is -0.810. The number of aliphatic hydroxyl groups is 1. The van der Waals surface area contributed by atoms with Crippen molar-refractivity contribution >= 4 is 5.78 Å². The lowest BCUT2D eigenvalue weighted by molar-refractivity contribution is -0.131. The molecule has 0 saturated heterocycles. The zero-order valence-electron chi connectivity index (χ0n) is 5.92. The van der Waals surface area contributed by atoms with E-state index in [0.29, 0.717) is 12.8 Å². The van der Waals surface area contributed by atoms with E-state index in [1.54, 1.807) is 6.92 Å². The Morgan fingerprint density at radius 2 is 2.50 bits per heavy atom. The first-order chi connectivity index (χ1) is 4.60. The number of carbonyl (C=O) groups excluding carboxylic acids is 1. The van der Waals surface area contributed by atoms with Crippen molar-refractivity contribution in [2.24, 2.45) is 5.92 Å². The largest absolute Gasteiger partial charge is 0.371 e. The number of rotatable bonds is 0. The van der Waals surface area contributed by atoms with Gasteiger partial charge in [-0.1, -0.05) is 12.8 Å². The Bertz CT molecular complexity index is 202. The fourth-order valence-corrected chi connectivity index (χ4v) is 1.23. The number of hydrogen-bond acceptors (Lipinski definition) is 2. The van der Waals surface area contributed by atoms with Crippen LogP contribution in [0.1, 0.15) is 19.8 Å². The molecule has 0 aromatic heterocycles. The lowest BCUT2D eigenvalue weighted by Gasteiger charge is -2.11. The smallest absolute Gasteiger partial charge is 0.184 e. The van der Waals surface area contributed by atoms with Crippen LogP contribution in [0.15, 0.2) is 0 Å². The zero-order chi connectivity index (χ0) is 7.78. The predicted octanol–water partition coefficient (Wildman–Crippen LogP) is 0.350. The van der Waals surface area contributed by atoms with Crippen LogP contribution in [-0.4, -0.2) is 16.5 Å². The van der Waals surface area contributed by atoms with Crippen molar-refractivity contribution in [3.63, 3.8) is 0 Å². The molecule has 0 aromatic rings. The van der Waals surface area contributed by atoms with Gasteiger partial charge in [0.2, 0.25) is 0 Å². The summed E-state index contributed by atoms with van der Waals surface area (Å²) in [4.78, 5) is 11.1. The number of carbonyl (C=O) groups is 1. The van der Waals surface area contributed by atoms with E-state index < -0.39 is 5.60 Å². The van der Waals surface area contributed by atoms with E-state index in [1.807, 2.05) is 0 Å². The van der Waals surface area contributed by atoms with E-state index in [2.05, 4.69) is 5.92 Å². The lowest BCUT2D eigenvalue weighted by Crippen LogP contribution is -2.33. The first kappa shape index (κ1) is 7.30. The van der Waals surface area contributed by atoms with Crippen LogP contribution >= 0.6 is 0 Å². The minimum absolute atomic E-state index is 0.0685. The molecule has 0 amide bonds. The molecular formula is C8H10O2. The van der Waals surface area contributed by atoms with E-state index in [9.17, 15) is 9.90 Å². The van der Waals surface area contributed by atoms with E-state index >= 15 is 0 Å². The van der Waals surface area contributed by atoms with Gasteiger partial charge < -0.3 is 5.11 Å². The highest BCUT2D eigenvalue weighted by Crippen LogP contribution is 2.29. The van der Waals surface area contributed by atoms with Gasteiger partial charge in [0, 0.05) is 5.92 Å². The Kier molecular flexibility index (Phi) is 1.53. The van der Waals surface area contributed by atoms with Gasteiger partial charge in [0.1, 0.15) is 0 Å². The molecule has 1 aliphatic rings. The normalized spacial score (nSPS) is 39.7. The highest BCUT2D eigenvalue weighted by Gasteiger charge is 2.42. The summed E-state index contributed by atoms with van der Waals surface area (Å²) >= 11 is 0. The second-order valence-electron chi connectivity index (χ2n) is 2.81. The molecule has 0 bridgehead atoms. The van der Waals surface area contributed by atoms with Gasteiger partial charge in [0.05, 0.1) is 0 Å². The van der Waals surface area contributed by atoms with Crippen molar-refractivity contribution < 1.29 is 9.90 Å². The second-order valence-corrected chi connectivity index (χ2v) is 2.81. The van der Waals surface area contributed by atoms with E-state index in [4.69, 9.17) is 6.42 Å². The van der Waals surface area contributed by atoms with Crippen LogP contribution in [-0.2, 0) is 4.79 Å². The molecule has 54 valence electrons. The first-order valence-electron chi connectivity index (χ1n) is 3.34. The molecule has 10 heavy (non-hydrogen) atoms. The van der Waals surface area contributed by atoms with Gasteiger partial charge in [-0.2, -0.15) is 0 Å². The fourth-order valence-electron chi connectivity index (χ4n) is 1.23. The molecule has 0 aromatic carbocycles. The van der Waals surface area contributed by atoms with Crippen LogP contribution in [0.3, 0.4) is 0 Å². The quantitative estimate of drug-likeness (QED) is 0.490. The average Bonchev–Trinajstić information content (AvgIpc) is 2.19. The first-order valence-corrected chi connectivity index (χ1v) is 3.34. The van der Waals surface area contributed by atoms with Crippen LogP contribution in [0.4, 0.5) is 0 Å². The van der Waals surface area contributed by atoms with Crippen molar-refractivity contribution in [2.45, 2.75) is 25.4 Å². The van der Waals surface area contributed by atoms with E-state index in [1.165, 1.54) is 0 Å². The molecule has 2 nitrogen and oxygen atoms in total. The topological polar surface area (TPSA) is 37.3 Å². The summed E-state index contributed by atoms with van der Waals surface area (Å²) in [5, 5.41) is 9.35. The van der Waals surface area contributed by atoms with E-state index in [0.717, 1.165) is 0 Å². The summed E-state index contributed by atoms with van der Waals surface area (Å²) in [5.41, 5.74) is -1.45. The van der Waals surface area contributed by atoms with Gasteiger partial charge >= 0.3 is 0 Å². The number of Topliss-reactive ketones (excluding diaryl/α,β-unsaturated/α-hetero) is 1. The van der Waals surface area contributed by atoms with Gasteiger partial charge in [-0.3, -0.25) is 4.79 Å². The molecule has 0 spiro atoms. The molecule has 2 atom stereocenters. The van der Waals surface area contributed by atoms with Gasteiger partial charge in [0.25, 0.3) is 0 Å². The standard InChI is InChI=1S/C8H10O2/c1-3-8(10)5-4-6(2)7(8)9/h1,6,10H,4-5H2,2H3. The molecule has 0 aliphatic heterocycles. The van der Waals surface area contributed by atoms with Gasteiger partial charge in [-0.25, -0.2) is 0 Å². The Morgan fingerprint density at radius 1 is 1.90 bits per heavy atom. The Balaban J connectivity index is 2.86. The van der Waals surface area contributed by atoms with Crippen molar-refractivity contribution in [3.8, 4) is 12.3 Å². The molecule has 0 heterocycles. The maximum Gasteiger partial charge on any atom is 0.184 e. The molecular weight excluding hydrogens is 128 g/mol. The van der Waals surface area contributed by atoms with Crippen LogP contribution in [0.2, 0.25) is 0 Å². The third kappa shape index (κ3) is 0.833. The van der Waals surface area contributed by atoms with Crippen LogP contribution < -0.4 is 0 Å².